The molecule has 0 fully saturated rings. The van der Waals surface area contributed by atoms with Gasteiger partial charge in [-0.2, -0.15) is 4.98 Å². The summed E-state index contributed by atoms with van der Waals surface area (Å²) in [5, 5.41) is 7.78. The van der Waals surface area contributed by atoms with E-state index in [0.717, 1.165) is 23.4 Å². The Morgan fingerprint density at radius 2 is 2.16 bits per heavy atom. The van der Waals surface area contributed by atoms with Crippen molar-refractivity contribution in [3.63, 3.8) is 0 Å². The van der Waals surface area contributed by atoms with E-state index in [4.69, 9.17) is 9.26 Å². The molecule has 0 bridgehead atoms. The monoisotopic (exact) mass is 360 g/mol. The Hall–Kier alpha value is -2.32. The summed E-state index contributed by atoms with van der Waals surface area (Å²) in [5.41, 5.74) is 1.03. The van der Waals surface area contributed by atoms with Crippen molar-refractivity contribution in [3.05, 3.63) is 41.0 Å². The zero-order valence-corrected chi connectivity index (χ0v) is 14.8. The van der Waals surface area contributed by atoms with Crippen LogP contribution in [0.4, 0.5) is 0 Å². The summed E-state index contributed by atoms with van der Waals surface area (Å²) in [6.45, 7) is 0.789. The van der Waals surface area contributed by atoms with Crippen LogP contribution in [0.5, 0.6) is 0 Å². The molecule has 3 rings (SSSR count). The van der Waals surface area contributed by atoms with Crippen LogP contribution in [-0.4, -0.2) is 34.7 Å². The summed E-state index contributed by atoms with van der Waals surface area (Å²) in [6, 6.07) is 8.08. The number of nitrogens with zero attached hydrogens (tertiary/aromatic N) is 3. The molecule has 132 valence electrons. The fourth-order valence-corrected chi connectivity index (χ4v) is 3.41. The van der Waals surface area contributed by atoms with Crippen molar-refractivity contribution in [2.75, 3.05) is 13.7 Å². The largest absolute Gasteiger partial charge is 0.375 e. The van der Waals surface area contributed by atoms with E-state index in [2.05, 4.69) is 26.5 Å². The number of hydrogen-bond acceptors (Lipinski definition) is 7. The maximum absolute atomic E-state index is 11.9. The standard InChI is InChI=1S/C17H20N4O3S/c1-23-11-16-20-14(21-24-16)9-10-18-15(22)7-4-8-17-19-12-5-2-3-6-13(12)25-17/h2-3,5-6H,4,7-11H2,1H3,(H,18,22). The summed E-state index contributed by atoms with van der Waals surface area (Å²) in [4.78, 5) is 20.6. The minimum atomic E-state index is 0.0294. The molecule has 0 saturated heterocycles. The summed E-state index contributed by atoms with van der Waals surface area (Å²) in [7, 11) is 1.57. The number of aromatic nitrogens is 3. The third-order valence-corrected chi connectivity index (χ3v) is 4.68. The molecule has 2 heterocycles. The Morgan fingerprint density at radius 3 is 3.00 bits per heavy atom. The molecular weight excluding hydrogens is 340 g/mol. The molecule has 0 saturated carbocycles. The number of hydrogen-bond donors (Lipinski definition) is 1. The van der Waals surface area contributed by atoms with Crippen molar-refractivity contribution in [1.29, 1.82) is 0 Å². The number of benzene rings is 1. The van der Waals surface area contributed by atoms with Gasteiger partial charge in [0.15, 0.2) is 5.82 Å². The number of carbonyl (C=O) groups is 1. The van der Waals surface area contributed by atoms with Gasteiger partial charge in [0.1, 0.15) is 6.61 Å². The molecule has 8 heteroatoms. The van der Waals surface area contributed by atoms with Gasteiger partial charge in [-0.3, -0.25) is 4.79 Å². The van der Waals surface area contributed by atoms with Crippen LogP contribution in [0, 0.1) is 0 Å². The van der Waals surface area contributed by atoms with Gasteiger partial charge in [0.05, 0.1) is 15.2 Å². The number of fused-ring (bicyclic) bond motifs is 1. The van der Waals surface area contributed by atoms with E-state index < -0.39 is 0 Å². The van der Waals surface area contributed by atoms with Crippen molar-refractivity contribution in [1.82, 2.24) is 20.4 Å². The molecule has 3 aromatic rings. The second kappa shape index (κ2) is 8.68. The topological polar surface area (TPSA) is 90.1 Å². The highest BCUT2D eigenvalue weighted by Crippen LogP contribution is 2.22. The lowest BCUT2D eigenvalue weighted by molar-refractivity contribution is -0.121. The Labute approximate surface area is 149 Å². The van der Waals surface area contributed by atoms with Crippen LogP contribution in [0.1, 0.15) is 29.6 Å². The van der Waals surface area contributed by atoms with E-state index in [0.29, 0.717) is 37.7 Å². The molecule has 2 aromatic heterocycles. The molecule has 0 spiro atoms. The SMILES string of the molecule is COCc1nc(CCNC(=O)CCCc2nc3ccccc3s2)no1. The third kappa shape index (κ3) is 5.07. The van der Waals surface area contributed by atoms with Crippen molar-refractivity contribution >= 4 is 27.5 Å². The smallest absolute Gasteiger partial charge is 0.252 e. The lowest BCUT2D eigenvalue weighted by atomic mass is 10.2. The third-order valence-electron chi connectivity index (χ3n) is 3.58. The number of thiazole rings is 1. The highest BCUT2D eigenvalue weighted by Gasteiger charge is 2.08. The first kappa shape index (κ1) is 17.5. The minimum absolute atomic E-state index is 0.0294. The highest BCUT2D eigenvalue weighted by molar-refractivity contribution is 7.18. The Bertz CT molecular complexity index is 797. The quantitative estimate of drug-likeness (QED) is 0.630. The number of amides is 1. The molecule has 0 aliphatic carbocycles. The minimum Gasteiger partial charge on any atom is -0.375 e. The molecule has 0 aliphatic heterocycles. The molecular formula is C17H20N4O3S. The van der Waals surface area contributed by atoms with Crippen LogP contribution in [0.25, 0.3) is 10.2 Å². The fraction of sp³-hybridized carbons (Fsp3) is 0.412. The summed E-state index contributed by atoms with van der Waals surface area (Å²) in [6.07, 6.45) is 2.62. The van der Waals surface area contributed by atoms with Gasteiger partial charge in [0.2, 0.25) is 5.91 Å². The van der Waals surface area contributed by atoms with E-state index in [1.54, 1.807) is 18.4 Å². The van der Waals surface area contributed by atoms with Gasteiger partial charge >= 0.3 is 0 Å². The van der Waals surface area contributed by atoms with Gasteiger partial charge in [0.25, 0.3) is 5.89 Å². The zero-order chi connectivity index (χ0) is 17.5. The average molecular weight is 360 g/mol. The van der Waals surface area contributed by atoms with Gasteiger partial charge in [-0.25, -0.2) is 4.98 Å². The number of ether oxygens (including phenoxy) is 1. The van der Waals surface area contributed by atoms with Crippen LogP contribution >= 0.6 is 11.3 Å². The molecule has 1 amide bonds. The maximum atomic E-state index is 11.9. The molecule has 0 unspecified atom stereocenters. The van der Waals surface area contributed by atoms with Crippen LogP contribution in [0.15, 0.2) is 28.8 Å². The van der Waals surface area contributed by atoms with Gasteiger partial charge in [-0.15, -0.1) is 11.3 Å². The number of carbonyl (C=O) groups excluding carboxylic acids is 1. The van der Waals surface area contributed by atoms with E-state index in [-0.39, 0.29) is 5.91 Å². The Balaban J connectivity index is 1.35. The molecule has 0 aliphatic rings. The first-order chi connectivity index (χ1) is 12.2. The lowest BCUT2D eigenvalue weighted by Crippen LogP contribution is -2.25. The number of aryl methyl sites for hydroxylation is 1. The second-order valence-corrected chi connectivity index (χ2v) is 6.68. The van der Waals surface area contributed by atoms with Crippen molar-refractivity contribution in [2.45, 2.75) is 32.3 Å². The van der Waals surface area contributed by atoms with Crippen LogP contribution < -0.4 is 5.32 Å². The average Bonchev–Trinajstić information content (AvgIpc) is 3.21. The number of nitrogens with one attached hydrogen (secondary N) is 1. The maximum Gasteiger partial charge on any atom is 0.252 e. The van der Waals surface area contributed by atoms with E-state index in [1.165, 1.54) is 4.70 Å². The first-order valence-corrected chi connectivity index (χ1v) is 8.98. The van der Waals surface area contributed by atoms with Crippen LogP contribution in [0.3, 0.4) is 0 Å². The molecule has 25 heavy (non-hydrogen) atoms. The van der Waals surface area contributed by atoms with Gasteiger partial charge in [0, 0.05) is 26.5 Å². The summed E-state index contributed by atoms with van der Waals surface area (Å²) in [5.74, 6) is 1.04. The predicted octanol–water partition coefficient (Wildman–Crippen LogP) is 2.51. The molecule has 1 N–H and O–H groups in total. The lowest BCUT2D eigenvalue weighted by Gasteiger charge is -2.02. The molecule has 1 aromatic carbocycles. The zero-order valence-electron chi connectivity index (χ0n) is 14.0. The second-order valence-electron chi connectivity index (χ2n) is 5.57. The first-order valence-electron chi connectivity index (χ1n) is 8.16. The predicted molar refractivity (Wildman–Crippen MR) is 94.3 cm³/mol. The fourth-order valence-electron chi connectivity index (χ4n) is 2.40. The summed E-state index contributed by atoms with van der Waals surface area (Å²) >= 11 is 1.69. The van der Waals surface area contributed by atoms with Crippen LogP contribution in [0.2, 0.25) is 0 Å². The Morgan fingerprint density at radius 1 is 1.28 bits per heavy atom. The summed E-state index contributed by atoms with van der Waals surface area (Å²) < 4.78 is 11.1. The van der Waals surface area contributed by atoms with E-state index in [9.17, 15) is 4.79 Å². The van der Waals surface area contributed by atoms with E-state index >= 15 is 0 Å². The van der Waals surface area contributed by atoms with Crippen molar-refractivity contribution in [3.8, 4) is 0 Å². The van der Waals surface area contributed by atoms with Crippen molar-refractivity contribution in [2.24, 2.45) is 0 Å². The number of methoxy groups -OCH3 is 1. The highest BCUT2D eigenvalue weighted by atomic mass is 32.1. The molecule has 7 nitrogen and oxygen atoms in total. The van der Waals surface area contributed by atoms with Crippen LogP contribution in [-0.2, 0) is 29.0 Å². The number of rotatable bonds is 9. The van der Waals surface area contributed by atoms with Gasteiger partial charge in [-0.05, 0) is 25.0 Å². The van der Waals surface area contributed by atoms with E-state index in [1.807, 2.05) is 18.2 Å². The molecule has 0 atom stereocenters. The van der Waals surface area contributed by atoms with Crippen molar-refractivity contribution < 1.29 is 14.1 Å². The van der Waals surface area contributed by atoms with Gasteiger partial charge < -0.3 is 14.6 Å². The molecule has 0 radical (unpaired) electrons. The number of para-hydroxylation sites is 1. The van der Waals surface area contributed by atoms with Gasteiger partial charge in [-0.1, -0.05) is 17.3 Å². The Kier molecular flexibility index (Phi) is 6.08. The normalized spacial score (nSPS) is 11.1.